The van der Waals surface area contributed by atoms with Gasteiger partial charge in [-0.15, -0.1) is 0 Å². The molecule has 0 saturated heterocycles. The number of anilines is 1. The van der Waals surface area contributed by atoms with Crippen molar-refractivity contribution in [3.63, 3.8) is 0 Å². The summed E-state index contributed by atoms with van der Waals surface area (Å²) in [7, 11) is 0. The smallest absolute Gasteiger partial charge is 0.411 e. The Hall–Kier alpha value is -2.60. The third-order valence-electron chi connectivity index (χ3n) is 2.60. The van der Waals surface area contributed by atoms with Gasteiger partial charge in [0.05, 0.1) is 4.92 Å². The molecular formula is C14H11ClN2O4. The molecule has 0 aliphatic carbocycles. The molecule has 6 nitrogen and oxygen atoms in total. The van der Waals surface area contributed by atoms with E-state index in [1.807, 2.05) is 30.3 Å². The van der Waals surface area contributed by atoms with Crippen molar-refractivity contribution >= 4 is 29.1 Å². The third-order valence-corrected chi connectivity index (χ3v) is 2.91. The number of nitro benzene ring substituents is 1. The molecule has 21 heavy (non-hydrogen) atoms. The van der Waals surface area contributed by atoms with Crippen molar-refractivity contribution in [1.82, 2.24) is 0 Å². The van der Waals surface area contributed by atoms with Gasteiger partial charge in [0.2, 0.25) is 0 Å². The first-order valence-corrected chi connectivity index (χ1v) is 6.35. The molecular weight excluding hydrogens is 296 g/mol. The summed E-state index contributed by atoms with van der Waals surface area (Å²) < 4.78 is 5.02. The summed E-state index contributed by atoms with van der Waals surface area (Å²) in [5.74, 6) is 0. The van der Waals surface area contributed by atoms with Gasteiger partial charge in [0.15, 0.2) is 0 Å². The van der Waals surface area contributed by atoms with Gasteiger partial charge in [-0.2, -0.15) is 0 Å². The molecule has 108 valence electrons. The molecule has 2 rings (SSSR count). The van der Waals surface area contributed by atoms with Gasteiger partial charge in [-0.05, 0) is 17.7 Å². The fraction of sp³-hybridized carbons (Fsp3) is 0.0714. The van der Waals surface area contributed by atoms with Gasteiger partial charge in [-0.1, -0.05) is 41.9 Å². The minimum atomic E-state index is -0.663. The summed E-state index contributed by atoms with van der Waals surface area (Å²) >= 11 is 5.75. The second-order valence-electron chi connectivity index (χ2n) is 4.11. The Balaban J connectivity index is 1.94. The monoisotopic (exact) mass is 306 g/mol. The molecule has 2 aromatic rings. The van der Waals surface area contributed by atoms with Crippen LogP contribution in [-0.2, 0) is 11.3 Å². The van der Waals surface area contributed by atoms with Gasteiger partial charge in [-0.3, -0.25) is 15.4 Å². The summed E-state index contributed by atoms with van der Waals surface area (Å²) in [6.07, 6.45) is -0.663. The van der Waals surface area contributed by atoms with E-state index in [4.69, 9.17) is 16.3 Å². The van der Waals surface area contributed by atoms with E-state index in [0.29, 0.717) is 5.69 Å². The number of benzene rings is 2. The largest absolute Gasteiger partial charge is 0.444 e. The average Bonchev–Trinajstić information content (AvgIpc) is 2.46. The number of nitro groups is 1. The molecule has 0 bridgehead atoms. The van der Waals surface area contributed by atoms with Crippen molar-refractivity contribution < 1.29 is 14.5 Å². The van der Waals surface area contributed by atoms with Crippen molar-refractivity contribution in [2.45, 2.75) is 6.61 Å². The van der Waals surface area contributed by atoms with E-state index in [1.165, 1.54) is 18.2 Å². The Bertz CT molecular complexity index is 661. The van der Waals surface area contributed by atoms with Crippen LogP contribution in [0.3, 0.4) is 0 Å². The number of carbonyl (C=O) groups is 1. The maximum Gasteiger partial charge on any atom is 0.411 e. The van der Waals surface area contributed by atoms with Crippen LogP contribution in [0.25, 0.3) is 0 Å². The van der Waals surface area contributed by atoms with Crippen molar-refractivity contribution in [3.05, 3.63) is 69.2 Å². The van der Waals surface area contributed by atoms with E-state index in [1.54, 1.807) is 0 Å². The second-order valence-corrected chi connectivity index (χ2v) is 4.52. The van der Waals surface area contributed by atoms with Gasteiger partial charge in [0.1, 0.15) is 11.6 Å². The highest BCUT2D eigenvalue weighted by molar-refractivity contribution is 6.33. The Labute approximate surface area is 125 Å². The molecule has 0 saturated carbocycles. The third kappa shape index (κ3) is 4.19. The number of amides is 1. The molecule has 0 heterocycles. The predicted molar refractivity (Wildman–Crippen MR) is 78.4 cm³/mol. The molecule has 0 aliphatic rings. The minimum Gasteiger partial charge on any atom is -0.444 e. The Morgan fingerprint density at radius 1 is 1.24 bits per heavy atom. The Morgan fingerprint density at radius 2 is 1.95 bits per heavy atom. The lowest BCUT2D eigenvalue weighted by molar-refractivity contribution is -0.384. The van der Waals surface area contributed by atoms with E-state index >= 15 is 0 Å². The van der Waals surface area contributed by atoms with E-state index in [9.17, 15) is 14.9 Å². The van der Waals surface area contributed by atoms with Crippen LogP contribution >= 0.6 is 11.6 Å². The number of nitrogens with one attached hydrogen (secondary N) is 1. The lowest BCUT2D eigenvalue weighted by Crippen LogP contribution is -2.13. The van der Waals surface area contributed by atoms with Gasteiger partial charge in [0, 0.05) is 11.8 Å². The highest BCUT2D eigenvalue weighted by atomic mass is 35.5. The first kappa shape index (κ1) is 14.8. The lowest BCUT2D eigenvalue weighted by atomic mass is 10.2. The zero-order valence-corrected chi connectivity index (χ0v) is 11.5. The van der Waals surface area contributed by atoms with Crippen molar-refractivity contribution in [2.24, 2.45) is 0 Å². The molecule has 1 amide bonds. The van der Waals surface area contributed by atoms with Crippen LogP contribution in [0.1, 0.15) is 5.56 Å². The van der Waals surface area contributed by atoms with E-state index in [0.717, 1.165) is 5.56 Å². The van der Waals surface area contributed by atoms with Gasteiger partial charge in [0.25, 0.3) is 5.69 Å². The zero-order valence-electron chi connectivity index (χ0n) is 10.8. The number of ether oxygens (including phenoxy) is 1. The quantitative estimate of drug-likeness (QED) is 0.684. The number of halogens is 1. The van der Waals surface area contributed by atoms with E-state index < -0.39 is 11.0 Å². The van der Waals surface area contributed by atoms with Crippen LogP contribution in [0.2, 0.25) is 5.02 Å². The summed E-state index contributed by atoms with van der Waals surface area (Å²) in [5.41, 5.74) is 0.956. The molecule has 0 aromatic heterocycles. The highest BCUT2D eigenvalue weighted by Gasteiger charge is 2.13. The van der Waals surface area contributed by atoms with Gasteiger partial charge < -0.3 is 4.74 Å². The molecule has 1 N–H and O–H groups in total. The van der Waals surface area contributed by atoms with Crippen molar-refractivity contribution in [2.75, 3.05) is 5.32 Å². The van der Waals surface area contributed by atoms with E-state index in [2.05, 4.69) is 5.32 Å². The van der Waals surface area contributed by atoms with Crippen molar-refractivity contribution in [1.29, 1.82) is 0 Å². The van der Waals surface area contributed by atoms with E-state index in [-0.39, 0.29) is 17.3 Å². The lowest BCUT2D eigenvalue weighted by Gasteiger charge is -2.07. The number of rotatable bonds is 4. The molecule has 0 radical (unpaired) electrons. The topological polar surface area (TPSA) is 81.5 Å². The summed E-state index contributed by atoms with van der Waals surface area (Å²) in [4.78, 5) is 21.6. The fourth-order valence-corrected chi connectivity index (χ4v) is 1.86. The fourth-order valence-electron chi connectivity index (χ4n) is 1.61. The highest BCUT2D eigenvalue weighted by Crippen LogP contribution is 2.27. The normalized spacial score (nSPS) is 9.95. The Kier molecular flexibility index (Phi) is 4.73. The average molecular weight is 307 g/mol. The molecule has 0 unspecified atom stereocenters. The van der Waals surface area contributed by atoms with Crippen LogP contribution < -0.4 is 5.32 Å². The summed E-state index contributed by atoms with van der Waals surface area (Å²) in [5, 5.41) is 13.0. The predicted octanol–water partition coefficient (Wildman–Crippen LogP) is 4.00. The minimum absolute atomic E-state index is 0.0548. The molecule has 0 spiro atoms. The maximum atomic E-state index is 11.6. The summed E-state index contributed by atoms with van der Waals surface area (Å²) in [6, 6.07) is 13.1. The number of hydrogen-bond donors (Lipinski definition) is 1. The molecule has 0 fully saturated rings. The molecule has 0 atom stereocenters. The Morgan fingerprint density at radius 3 is 2.57 bits per heavy atom. The van der Waals surface area contributed by atoms with Crippen LogP contribution in [0.5, 0.6) is 0 Å². The zero-order chi connectivity index (χ0) is 15.2. The van der Waals surface area contributed by atoms with Crippen LogP contribution in [-0.4, -0.2) is 11.0 Å². The van der Waals surface area contributed by atoms with Crippen LogP contribution in [0.15, 0.2) is 48.5 Å². The standard InChI is InChI=1S/C14H11ClN2O4/c15-12-8-11(6-7-13(12)17(19)20)16-14(18)21-9-10-4-2-1-3-5-10/h1-8H,9H2,(H,16,18). The van der Waals surface area contributed by atoms with Gasteiger partial charge >= 0.3 is 6.09 Å². The van der Waals surface area contributed by atoms with Crippen LogP contribution in [0.4, 0.5) is 16.2 Å². The van der Waals surface area contributed by atoms with Crippen molar-refractivity contribution in [3.8, 4) is 0 Å². The van der Waals surface area contributed by atoms with Crippen LogP contribution in [0, 0.1) is 10.1 Å². The number of hydrogen-bond acceptors (Lipinski definition) is 4. The first-order valence-electron chi connectivity index (χ1n) is 5.98. The molecule has 7 heteroatoms. The maximum absolute atomic E-state index is 11.6. The SMILES string of the molecule is O=C(Nc1ccc([N+](=O)[O-])c(Cl)c1)OCc1ccccc1. The molecule has 0 aliphatic heterocycles. The second kappa shape index (κ2) is 6.71. The number of nitrogens with zero attached hydrogens (tertiary/aromatic N) is 1. The first-order chi connectivity index (χ1) is 10.1. The molecule has 2 aromatic carbocycles. The summed E-state index contributed by atoms with van der Waals surface area (Å²) in [6.45, 7) is 0.132. The van der Waals surface area contributed by atoms with Gasteiger partial charge in [-0.25, -0.2) is 4.79 Å². The number of carbonyl (C=O) groups excluding carboxylic acids is 1.